The van der Waals surface area contributed by atoms with Crippen molar-refractivity contribution in [3.8, 4) is 17.2 Å². The maximum Gasteiger partial charge on any atom is 0.198 e. The minimum atomic E-state index is -0.942. The molecule has 0 fully saturated rings. The van der Waals surface area contributed by atoms with E-state index in [1.54, 1.807) is 18.2 Å². The standard InChI is InChI=1S/C15H14F2N2O2/c1-8-3-4-12(13(5-8)20-2)21-14-10(16)6-9(15(18)19)7-11(14)17/h3-7H,1-2H3,(H3,18,19). The molecule has 0 saturated carbocycles. The van der Waals surface area contributed by atoms with Crippen LogP contribution in [0.15, 0.2) is 30.3 Å². The van der Waals surface area contributed by atoms with Crippen molar-refractivity contribution in [3.05, 3.63) is 53.1 Å². The van der Waals surface area contributed by atoms with Crippen LogP contribution in [0.4, 0.5) is 8.78 Å². The molecular formula is C15H14F2N2O2. The molecule has 2 aromatic carbocycles. The molecule has 0 unspecified atom stereocenters. The van der Waals surface area contributed by atoms with Crippen LogP contribution in [0.5, 0.6) is 17.2 Å². The molecule has 6 heteroatoms. The van der Waals surface area contributed by atoms with Gasteiger partial charge in [-0.3, -0.25) is 5.41 Å². The van der Waals surface area contributed by atoms with Gasteiger partial charge in [-0.2, -0.15) is 0 Å². The second-order valence-electron chi connectivity index (χ2n) is 4.44. The third kappa shape index (κ3) is 3.10. The largest absolute Gasteiger partial charge is 0.493 e. The summed E-state index contributed by atoms with van der Waals surface area (Å²) in [6, 6.07) is 6.88. The Kier molecular flexibility index (Phi) is 4.07. The van der Waals surface area contributed by atoms with E-state index in [1.165, 1.54) is 7.11 Å². The second kappa shape index (κ2) is 5.78. The first-order valence-corrected chi connectivity index (χ1v) is 6.08. The fourth-order valence-corrected chi connectivity index (χ4v) is 1.78. The normalized spacial score (nSPS) is 10.3. The summed E-state index contributed by atoms with van der Waals surface area (Å²) in [5, 5.41) is 7.19. The molecule has 4 nitrogen and oxygen atoms in total. The van der Waals surface area contributed by atoms with Crippen LogP contribution in [0.3, 0.4) is 0 Å². The first-order chi connectivity index (χ1) is 9.92. The molecule has 0 aliphatic rings. The number of hydrogen-bond donors (Lipinski definition) is 2. The lowest BCUT2D eigenvalue weighted by atomic mass is 10.2. The molecule has 0 aromatic heterocycles. The molecule has 0 saturated heterocycles. The SMILES string of the molecule is COc1cc(C)ccc1Oc1c(F)cc(C(=N)N)cc1F. The topological polar surface area (TPSA) is 68.3 Å². The van der Waals surface area contributed by atoms with Gasteiger partial charge in [0.1, 0.15) is 5.84 Å². The van der Waals surface area contributed by atoms with Crippen molar-refractivity contribution in [3.63, 3.8) is 0 Å². The highest BCUT2D eigenvalue weighted by atomic mass is 19.1. The van der Waals surface area contributed by atoms with E-state index in [0.29, 0.717) is 5.75 Å². The predicted octanol–water partition coefficient (Wildman–Crippen LogP) is 3.36. The molecule has 2 aromatic rings. The van der Waals surface area contributed by atoms with E-state index < -0.39 is 23.2 Å². The Balaban J connectivity index is 2.43. The van der Waals surface area contributed by atoms with Crippen molar-refractivity contribution < 1.29 is 18.3 Å². The fourth-order valence-electron chi connectivity index (χ4n) is 1.78. The zero-order chi connectivity index (χ0) is 15.6. The van der Waals surface area contributed by atoms with Crippen LogP contribution in [0.25, 0.3) is 0 Å². The quantitative estimate of drug-likeness (QED) is 0.670. The van der Waals surface area contributed by atoms with Crippen LogP contribution in [-0.4, -0.2) is 12.9 Å². The summed E-state index contributed by atoms with van der Waals surface area (Å²) in [6.07, 6.45) is 0. The minimum Gasteiger partial charge on any atom is -0.493 e. The smallest absolute Gasteiger partial charge is 0.198 e. The molecule has 3 N–H and O–H groups in total. The zero-order valence-electron chi connectivity index (χ0n) is 11.5. The minimum absolute atomic E-state index is 0.0479. The van der Waals surface area contributed by atoms with Gasteiger partial charge in [-0.1, -0.05) is 6.07 Å². The number of ether oxygens (including phenoxy) is 2. The zero-order valence-corrected chi connectivity index (χ0v) is 11.5. The van der Waals surface area contributed by atoms with Gasteiger partial charge in [0, 0.05) is 5.56 Å². The Bertz CT molecular complexity index is 679. The Morgan fingerprint density at radius 2 is 1.71 bits per heavy atom. The van der Waals surface area contributed by atoms with Gasteiger partial charge in [0.25, 0.3) is 0 Å². The number of benzene rings is 2. The van der Waals surface area contributed by atoms with Crippen LogP contribution in [-0.2, 0) is 0 Å². The number of nitrogen functional groups attached to an aromatic ring is 1. The van der Waals surface area contributed by atoms with E-state index in [9.17, 15) is 8.78 Å². The van der Waals surface area contributed by atoms with Crippen molar-refractivity contribution in [2.24, 2.45) is 5.73 Å². The van der Waals surface area contributed by atoms with Gasteiger partial charge in [-0.05, 0) is 36.8 Å². The van der Waals surface area contributed by atoms with E-state index in [0.717, 1.165) is 17.7 Å². The lowest BCUT2D eigenvalue weighted by Crippen LogP contribution is -2.12. The fraction of sp³-hybridized carbons (Fsp3) is 0.133. The highest BCUT2D eigenvalue weighted by Crippen LogP contribution is 2.35. The summed E-state index contributed by atoms with van der Waals surface area (Å²) < 4.78 is 38.2. The summed E-state index contributed by atoms with van der Waals surface area (Å²) in [6.45, 7) is 1.86. The van der Waals surface area contributed by atoms with Crippen molar-refractivity contribution in [1.82, 2.24) is 0 Å². The third-order valence-corrected chi connectivity index (χ3v) is 2.84. The number of methoxy groups -OCH3 is 1. The van der Waals surface area contributed by atoms with E-state index in [-0.39, 0.29) is 11.3 Å². The Labute approximate surface area is 120 Å². The summed E-state index contributed by atoms with van der Waals surface area (Å²) in [7, 11) is 1.44. The van der Waals surface area contributed by atoms with E-state index in [4.69, 9.17) is 20.6 Å². The maximum absolute atomic E-state index is 13.9. The number of hydrogen-bond acceptors (Lipinski definition) is 3. The number of rotatable bonds is 4. The molecule has 0 aliphatic carbocycles. The van der Waals surface area contributed by atoms with Crippen molar-refractivity contribution in [1.29, 1.82) is 5.41 Å². The van der Waals surface area contributed by atoms with Crippen LogP contribution in [0.1, 0.15) is 11.1 Å². The Morgan fingerprint density at radius 3 is 2.24 bits per heavy atom. The third-order valence-electron chi connectivity index (χ3n) is 2.84. The first kappa shape index (κ1) is 14.8. The van der Waals surface area contributed by atoms with Crippen LogP contribution < -0.4 is 15.2 Å². The van der Waals surface area contributed by atoms with Gasteiger partial charge in [0.15, 0.2) is 28.9 Å². The van der Waals surface area contributed by atoms with Crippen molar-refractivity contribution in [2.75, 3.05) is 7.11 Å². The Morgan fingerprint density at radius 1 is 1.10 bits per heavy atom. The summed E-state index contributed by atoms with van der Waals surface area (Å²) >= 11 is 0. The number of amidine groups is 1. The highest BCUT2D eigenvalue weighted by Gasteiger charge is 2.16. The van der Waals surface area contributed by atoms with Crippen molar-refractivity contribution >= 4 is 5.84 Å². The van der Waals surface area contributed by atoms with Gasteiger partial charge in [0.2, 0.25) is 0 Å². The summed E-state index contributed by atoms with van der Waals surface area (Å²) in [5.41, 5.74) is 6.08. The van der Waals surface area contributed by atoms with Gasteiger partial charge in [0.05, 0.1) is 7.11 Å². The van der Waals surface area contributed by atoms with Gasteiger partial charge in [-0.25, -0.2) is 8.78 Å². The molecule has 0 heterocycles. The molecular weight excluding hydrogens is 278 g/mol. The van der Waals surface area contributed by atoms with E-state index >= 15 is 0 Å². The first-order valence-electron chi connectivity index (χ1n) is 6.08. The summed E-state index contributed by atoms with van der Waals surface area (Å²) in [5.74, 6) is -2.32. The summed E-state index contributed by atoms with van der Waals surface area (Å²) in [4.78, 5) is 0. The lowest BCUT2D eigenvalue weighted by molar-refractivity contribution is 0.359. The van der Waals surface area contributed by atoms with Crippen molar-refractivity contribution in [2.45, 2.75) is 6.92 Å². The lowest BCUT2D eigenvalue weighted by Gasteiger charge is -2.13. The van der Waals surface area contributed by atoms with Crippen LogP contribution in [0, 0.1) is 24.0 Å². The molecule has 0 spiro atoms. The molecule has 21 heavy (non-hydrogen) atoms. The molecule has 0 atom stereocenters. The average Bonchev–Trinajstić information content (AvgIpc) is 2.43. The molecule has 0 aliphatic heterocycles. The van der Waals surface area contributed by atoms with E-state index in [1.807, 2.05) is 6.92 Å². The molecule has 2 rings (SSSR count). The monoisotopic (exact) mass is 292 g/mol. The predicted molar refractivity (Wildman–Crippen MR) is 75.2 cm³/mol. The molecule has 0 bridgehead atoms. The number of aryl methyl sites for hydroxylation is 1. The average molecular weight is 292 g/mol. The van der Waals surface area contributed by atoms with Gasteiger partial charge in [-0.15, -0.1) is 0 Å². The number of nitrogens with one attached hydrogen (secondary N) is 1. The second-order valence-corrected chi connectivity index (χ2v) is 4.44. The molecule has 0 amide bonds. The van der Waals surface area contributed by atoms with Gasteiger partial charge >= 0.3 is 0 Å². The maximum atomic E-state index is 13.9. The Hall–Kier alpha value is -2.63. The number of halogens is 2. The van der Waals surface area contributed by atoms with Crippen LogP contribution in [0.2, 0.25) is 0 Å². The number of nitrogens with two attached hydrogens (primary N) is 1. The van der Waals surface area contributed by atoms with Crippen LogP contribution >= 0.6 is 0 Å². The van der Waals surface area contributed by atoms with E-state index in [2.05, 4.69) is 0 Å². The molecule has 0 radical (unpaired) electrons. The van der Waals surface area contributed by atoms with Gasteiger partial charge < -0.3 is 15.2 Å². The molecule has 110 valence electrons. The highest BCUT2D eigenvalue weighted by molar-refractivity contribution is 5.95.